The van der Waals surface area contributed by atoms with Crippen molar-refractivity contribution in [2.24, 2.45) is 5.92 Å². The highest BCUT2D eigenvalue weighted by atomic mass is 35.5. The molecule has 0 aliphatic heterocycles. The Labute approximate surface area is 126 Å². The van der Waals surface area contributed by atoms with Gasteiger partial charge in [-0.3, -0.25) is 0 Å². The molecule has 0 saturated heterocycles. The lowest BCUT2D eigenvalue weighted by Crippen LogP contribution is -2.40. The van der Waals surface area contributed by atoms with Gasteiger partial charge >= 0.3 is 0 Å². The molecule has 6 heteroatoms. The molecule has 0 amide bonds. The molecule has 1 aromatic rings. The Morgan fingerprint density at radius 1 is 1.40 bits per heavy atom. The molecule has 1 unspecified atom stereocenters. The first-order valence-electron chi connectivity index (χ1n) is 6.89. The second kappa shape index (κ2) is 6.43. The van der Waals surface area contributed by atoms with Crippen LogP contribution < -0.4 is 10.0 Å². The van der Waals surface area contributed by atoms with Crippen molar-refractivity contribution >= 4 is 21.6 Å². The summed E-state index contributed by atoms with van der Waals surface area (Å²) in [5, 5.41) is 3.47. The molecule has 0 aromatic heterocycles. The van der Waals surface area contributed by atoms with Gasteiger partial charge in [0.05, 0.1) is 4.90 Å². The summed E-state index contributed by atoms with van der Waals surface area (Å²) in [6, 6.07) is 4.85. The van der Waals surface area contributed by atoms with Gasteiger partial charge in [-0.2, -0.15) is 0 Å². The van der Waals surface area contributed by atoms with Gasteiger partial charge in [0, 0.05) is 17.6 Å². The molecule has 1 aliphatic rings. The van der Waals surface area contributed by atoms with Crippen LogP contribution in [0, 0.1) is 5.92 Å². The molecule has 2 N–H and O–H groups in total. The van der Waals surface area contributed by atoms with Gasteiger partial charge in [-0.25, -0.2) is 13.1 Å². The lowest BCUT2D eigenvalue weighted by atomic mass is 9.81. The number of hydrogen-bond donors (Lipinski definition) is 2. The van der Waals surface area contributed by atoms with Gasteiger partial charge in [0.1, 0.15) is 0 Å². The first-order valence-corrected chi connectivity index (χ1v) is 8.75. The van der Waals surface area contributed by atoms with E-state index in [4.69, 9.17) is 11.6 Å². The topological polar surface area (TPSA) is 58.2 Å². The Morgan fingerprint density at radius 2 is 2.10 bits per heavy atom. The Hall–Kier alpha value is -0.620. The molecule has 0 bridgehead atoms. The summed E-state index contributed by atoms with van der Waals surface area (Å²) in [5.74, 6) is 0.462. The van der Waals surface area contributed by atoms with Crippen LogP contribution in [-0.2, 0) is 16.6 Å². The molecule has 1 saturated carbocycles. The molecule has 20 heavy (non-hydrogen) atoms. The summed E-state index contributed by atoms with van der Waals surface area (Å²) in [5.41, 5.74) is 0.889. The second-order valence-corrected chi connectivity index (χ2v) is 7.51. The lowest BCUT2D eigenvalue weighted by molar-refractivity contribution is 0.260. The Bertz CT molecular complexity index is 571. The van der Waals surface area contributed by atoms with Crippen LogP contribution in [0.2, 0.25) is 5.02 Å². The molecule has 1 fully saturated rings. The van der Waals surface area contributed by atoms with E-state index in [1.807, 2.05) is 14.0 Å². The van der Waals surface area contributed by atoms with Crippen LogP contribution in [0.5, 0.6) is 0 Å². The van der Waals surface area contributed by atoms with Crippen LogP contribution in [0.4, 0.5) is 0 Å². The number of sulfonamides is 1. The molecule has 0 spiro atoms. The van der Waals surface area contributed by atoms with E-state index in [-0.39, 0.29) is 10.9 Å². The van der Waals surface area contributed by atoms with Crippen LogP contribution in [0.1, 0.15) is 31.7 Å². The van der Waals surface area contributed by atoms with E-state index in [1.54, 1.807) is 12.1 Å². The SMILES string of the molecule is CNCc1ccc(S(=O)(=O)NC(C)C2CCC2)cc1Cl. The molecular weight excluding hydrogens is 296 g/mol. The summed E-state index contributed by atoms with van der Waals surface area (Å²) >= 11 is 6.12. The maximum Gasteiger partial charge on any atom is 0.240 e. The zero-order valence-corrected chi connectivity index (χ0v) is 13.4. The number of nitrogens with one attached hydrogen (secondary N) is 2. The largest absolute Gasteiger partial charge is 0.316 e. The van der Waals surface area contributed by atoms with Gasteiger partial charge in [0.2, 0.25) is 10.0 Å². The molecule has 112 valence electrons. The van der Waals surface area contributed by atoms with Crippen molar-refractivity contribution in [3.05, 3.63) is 28.8 Å². The zero-order valence-electron chi connectivity index (χ0n) is 11.8. The minimum atomic E-state index is -3.49. The first kappa shape index (κ1) is 15.8. The highest BCUT2D eigenvalue weighted by Crippen LogP contribution is 2.30. The van der Waals surface area contributed by atoms with Gasteiger partial charge in [-0.1, -0.05) is 24.1 Å². The van der Waals surface area contributed by atoms with Crippen LogP contribution in [0.25, 0.3) is 0 Å². The summed E-state index contributed by atoms with van der Waals surface area (Å²) in [6.07, 6.45) is 3.40. The minimum Gasteiger partial charge on any atom is -0.316 e. The monoisotopic (exact) mass is 316 g/mol. The van der Waals surface area contributed by atoms with Crippen molar-refractivity contribution in [1.82, 2.24) is 10.0 Å². The third-order valence-corrected chi connectivity index (χ3v) is 5.81. The first-order chi connectivity index (χ1) is 9.44. The second-order valence-electron chi connectivity index (χ2n) is 5.38. The molecule has 4 nitrogen and oxygen atoms in total. The summed E-state index contributed by atoms with van der Waals surface area (Å²) in [4.78, 5) is 0.230. The third-order valence-electron chi connectivity index (χ3n) is 3.90. The maximum absolute atomic E-state index is 12.3. The fraction of sp³-hybridized carbons (Fsp3) is 0.571. The van der Waals surface area contributed by atoms with Gasteiger partial charge in [-0.15, -0.1) is 0 Å². The standard InChI is InChI=1S/C14H21ClN2O2S/c1-10(11-4-3-5-11)17-20(18,19)13-7-6-12(9-16-2)14(15)8-13/h6-8,10-11,16-17H,3-5,9H2,1-2H3. The predicted octanol–water partition coefficient (Wildman–Crippen LogP) is 2.53. The normalized spacial score (nSPS) is 17.8. The van der Waals surface area contributed by atoms with Gasteiger partial charge in [-0.05, 0) is 50.4 Å². The van der Waals surface area contributed by atoms with Gasteiger partial charge in [0.25, 0.3) is 0 Å². The lowest BCUT2D eigenvalue weighted by Gasteiger charge is -2.31. The van der Waals surface area contributed by atoms with E-state index in [2.05, 4.69) is 10.0 Å². The fourth-order valence-corrected chi connectivity index (χ4v) is 4.03. The van der Waals surface area contributed by atoms with Crippen LogP contribution in [-0.4, -0.2) is 21.5 Å². The smallest absolute Gasteiger partial charge is 0.240 e. The van der Waals surface area contributed by atoms with E-state index in [0.29, 0.717) is 17.5 Å². The van der Waals surface area contributed by atoms with Gasteiger partial charge < -0.3 is 5.32 Å². The fourth-order valence-electron chi connectivity index (χ4n) is 2.38. The van der Waals surface area contributed by atoms with Crippen molar-refractivity contribution in [2.75, 3.05) is 7.05 Å². The van der Waals surface area contributed by atoms with Crippen molar-refractivity contribution < 1.29 is 8.42 Å². The number of hydrogen-bond acceptors (Lipinski definition) is 3. The zero-order chi connectivity index (χ0) is 14.8. The average Bonchev–Trinajstić information content (AvgIpc) is 2.28. The van der Waals surface area contributed by atoms with Crippen molar-refractivity contribution in [1.29, 1.82) is 0 Å². The van der Waals surface area contributed by atoms with Gasteiger partial charge in [0.15, 0.2) is 0 Å². The Morgan fingerprint density at radius 3 is 2.60 bits per heavy atom. The van der Waals surface area contributed by atoms with Crippen molar-refractivity contribution in [3.63, 3.8) is 0 Å². The van der Waals surface area contributed by atoms with Crippen LogP contribution in [0.3, 0.4) is 0 Å². The predicted molar refractivity (Wildman–Crippen MR) is 81.3 cm³/mol. The molecule has 0 radical (unpaired) electrons. The van der Waals surface area contributed by atoms with Crippen molar-refractivity contribution in [3.8, 4) is 0 Å². The highest BCUT2D eigenvalue weighted by Gasteiger charge is 2.28. The van der Waals surface area contributed by atoms with E-state index in [9.17, 15) is 8.42 Å². The van der Waals surface area contributed by atoms with E-state index < -0.39 is 10.0 Å². The highest BCUT2D eigenvalue weighted by molar-refractivity contribution is 7.89. The van der Waals surface area contributed by atoms with Crippen LogP contribution in [0.15, 0.2) is 23.1 Å². The van der Waals surface area contributed by atoms with E-state index in [0.717, 1.165) is 18.4 Å². The summed E-state index contributed by atoms with van der Waals surface area (Å²) in [7, 11) is -1.67. The minimum absolute atomic E-state index is 0.0236. The van der Waals surface area contributed by atoms with Crippen molar-refractivity contribution in [2.45, 2.75) is 43.7 Å². The molecule has 1 aromatic carbocycles. The van der Waals surface area contributed by atoms with E-state index >= 15 is 0 Å². The average molecular weight is 317 g/mol. The number of halogens is 1. The molecule has 1 aliphatic carbocycles. The molecule has 2 rings (SSSR count). The Balaban J connectivity index is 2.14. The molecular formula is C14H21ClN2O2S. The number of rotatable bonds is 6. The summed E-state index contributed by atoms with van der Waals surface area (Å²) in [6.45, 7) is 2.55. The Kier molecular flexibility index (Phi) is 5.07. The summed E-state index contributed by atoms with van der Waals surface area (Å²) < 4.78 is 27.4. The maximum atomic E-state index is 12.3. The van der Waals surface area contributed by atoms with E-state index in [1.165, 1.54) is 12.5 Å². The molecule has 0 heterocycles. The molecule has 1 atom stereocenters. The number of benzene rings is 1. The third kappa shape index (κ3) is 3.52. The van der Waals surface area contributed by atoms with Crippen LogP contribution >= 0.6 is 11.6 Å². The quantitative estimate of drug-likeness (QED) is 0.848.